The van der Waals surface area contributed by atoms with Gasteiger partial charge >= 0.3 is 0 Å². The van der Waals surface area contributed by atoms with Gasteiger partial charge in [-0.1, -0.05) is 43.3 Å². The van der Waals surface area contributed by atoms with E-state index in [1.165, 1.54) is 0 Å². The molecule has 0 unspecified atom stereocenters. The van der Waals surface area contributed by atoms with Crippen LogP contribution < -0.4 is 9.47 Å². The van der Waals surface area contributed by atoms with E-state index in [9.17, 15) is 10.1 Å². The van der Waals surface area contributed by atoms with E-state index in [1.807, 2.05) is 30.3 Å². The van der Waals surface area contributed by atoms with Crippen LogP contribution in [0.15, 0.2) is 54.2 Å². The largest absolute Gasteiger partial charge is 0.493 e. The number of rotatable bonds is 7. The Balaban J connectivity index is 2.23. The molecule has 0 bridgehead atoms. The van der Waals surface area contributed by atoms with Crippen LogP contribution in [0.25, 0.3) is 6.08 Å². The van der Waals surface area contributed by atoms with Crippen LogP contribution in [0, 0.1) is 10.1 Å². The topological polar surface area (TPSA) is 61.6 Å². The summed E-state index contributed by atoms with van der Waals surface area (Å²) >= 11 is 0. The smallest absolute Gasteiger partial charge is 0.246 e. The quantitative estimate of drug-likeness (QED) is 0.564. The predicted octanol–water partition coefficient (Wildman–Crippen LogP) is 4.30. The Labute approximate surface area is 135 Å². The summed E-state index contributed by atoms with van der Waals surface area (Å²) in [7, 11) is 1.56. The molecule has 0 aliphatic rings. The number of nitrogens with zero attached hydrogens (tertiary/aromatic N) is 1. The summed E-state index contributed by atoms with van der Waals surface area (Å²) in [6, 6.07) is 15.0. The fraction of sp³-hybridized carbons (Fsp3) is 0.222. The Morgan fingerprint density at radius 3 is 2.52 bits per heavy atom. The van der Waals surface area contributed by atoms with Crippen LogP contribution in [0.2, 0.25) is 0 Å². The number of hydrogen-bond acceptors (Lipinski definition) is 4. The van der Waals surface area contributed by atoms with Crippen molar-refractivity contribution in [1.82, 2.24) is 0 Å². The van der Waals surface area contributed by atoms with Gasteiger partial charge in [0.05, 0.1) is 12.0 Å². The lowest BCUT2D eigenvalue weighted by molar-refractivity contribution is -0.425. The van der Waals surface area contributed by atoms with Gasteiger partial charge in [-0.15, -0.1) is 0 Å². The van der Waals surface area contributed by atoms with Crippen LogP contribution in [-0.4, -0.2) is 12.0 Å². The molecule has 0 aliphatic heterocycles. The zero-order valence-electron chi connectivity index (χ0n) is 13.2. The Bertz CT molecular complexity index is 695. The maximum atomic E-state index is 10.9. The van der Waals surface area contributed by atoms with Gasteiger partial charge in [-0.2, -0.15) is 0 Å². The van der Waals surface area contributed by atoms with Gasteiger partial charge in [0.2, 0.25) is 5.70 Å². The van der Waals surface area contributed by atoms with Crippen LogP contribution in [0.4, 0.5) is 0 Å². The molecule has 0 spiro atoms. The molecule has 0 N–H and O–H groups in total. The molecule has 0 atom stereocenters. The Morgan fingerprint density at radius 2 is 1.91 bits per heavy atom. The molecule has 0 saturated heterocycles. The minimum absolute atomic E-state index is 0.157. The average molecular weight is 313 g/mol. The number of methoxy groups -OCH3 is 1. The molecule has 0 amide bonds. The minimum atomic E-state index is -0.366. The first kappa shape index (κ1) is 16.5. The zero-order chi connectivity index (χ0) is 16.7. The van der Waals surface area contributed by atoms with E-state index in [0.29, 0.717) is 30.1 Å². The second kappa shape index (κ2) is 7.98. The molecular weight excluding hydrogens is 294 g/mol. The van der Waals surface area contributed by atoms with Gasteiger partial charge in [0.25, 0.3) is 0 Å². The number of nitro groups is 1. The summed E-state index contributed by atoms with van der Waals surface area (Å²) in [5.41, 5.74) is 1.90. The molecule has 23 heavy (non-hydrogen) atoms. The van der Waals surface area contributed by atoms with E-state index in [-0.39, 0.29) is 10.6 Å². The summed E-state index contributed by atoms with van der Waals surface area (Å²) in [4.78, 5) is 10.6. The number of hydrogen-bond donors (Lipinski definition) is 0. The highest BCUT2D eigenvalue weighted by Crippen LogP contribution is 2.30. The molecule has 2 rings (SSSR count). The third-order valence-electron chi connectivity index (χ3n) is 3.35. The highest BCUT2D eigenvalue weighted by Gasteiger charge is 2.10. The molecular formula is C18H19NO4. The maximum absolute atomic E-state index is 10.9. The van der Waals surface area contributed by atoms with Gasteiger partial charge in [-0.3, -0.25) is 10.1 Å². The first-order valence-electron chi connectivity index (χ1n) is 7.33. The summed E-state index contributed by atoms with van der Waals surface area (Å²) in [5.74, 6) is 1.15. The zero-order valence-corrected chi connectivity index (χ0v) is 13.2. The van der Waals surface area contributed by atoms with E-state index in [2.05, 4.69) is 0 Å². The number of ether oxygens (including phenoxy) is 2. The van der Waals surface area contributed by atoms with E-state index < -0.39 is 0 Å². The second-order valence-electron chi connectivity index (χ2n) is 4.93. The molecule has 2 aromatic carbocycles. The van der Waals surface area contributed by atoms with Crippen molar-refractivity contribution in [2.75, 3.05) is 7.11 Å². The monoisotopic (exact) mass is 313 g/mol. The van der Waals surface area contributed by atoms with E-state index >= 15 is 0 Å². The lowest BCUT2D eigenvalue weighted by atomic mass is 10.1. The normalized spacial score (nSPS) is 11.1. The molecule has 0 radical (unpaired) electrons. The highest BCUT2D eigenvalue weighted by atomic mass is 16.6. The molecule has 0 heterocycles. The Hall–Kier alpha value is -2.82. The molecule has 5 nitrogen and oxygen atoms in total. The number of benzene rings is 2. The van der Waals surface area contributed by atoms with Crippen LogP contribution in [0.5, 0.6) is 11.5 Å². The van der Waals surface area contributed by atoms with Crippen molar-refractivity contribution >= 4 is 6.08 Å². The minimum Gasteiger partial charge on any atom is -0.493 e. The van der Waals surface area contributed by atoms with E-state index in [0.717, 1.165) is 5.56 Å². The summed E-state index contributed by atoms with van der Waals surface area (Å²) in [5, 5.41) is 10.9. The molecule has 0 aromatic heterocycles. The number of allylic oxidation sites excluding steroid dienone is 1. The van der Waals surface area contributed by atoms with Crippen molar-refractivity contribution in [3.8, 4) is 11.5 Å². The van der Waals surface area contributed by atoms with Crippen LogP contribution in [-0.2, 0) is 6.61 Å². The predicted molar refractivity (Wildman–Crippen MR) is 89.0 cm³/mol. The van der Waals surface area contributed by atoms with Crippen LogP contribution in [0.3, 0.4) is 0 Å². The van der Waals surface area contributed by atoms with Crippen molar-refractivity contribution in [3.05, 3.63) is 75.5 Å². The van der Waals surface area contributed by atoms with Gasteiger partial charge in [0.15, 0.2) is 11.5 Å². The van der Waals surface area contributed by atoms with Crippen molar-refractivity contribution in [1.29, 1.82) is 0 Å². The van der Waals surface area contributed by atoms with Crippen molar-refractivity contribution in [3.63, 3.8) is 0 Å². The lowest BCUT2D eigenvalue weighted by Gasteiger charge is -2.11. The van der Waals surface area contributed by atoms with Gasteiger partial charge in [-0.25, -0.2) is 0 Å². The molecule has 0 saturated carbocycles. The lowest BCUT2D eigenvalue weighted by Crippen LogP contribution is -1.99. The molecule has 0 fully saturated rings. The van der Waals surface area contributed by atoms with Crippen LogP contribution in [0.1, 0.15) is 24.5 Å². The van der Waals surface area contributed by atoms with Gasteiger partial charge in [0.1, 0.15) is 6.61 Å². The third-order valence-corrected chi connectivity index (χ3v) is 3.35. The molecule has 5 heteroatoms. The Kier molecular flexibility index (Phi) is 5.74. The fourth-order valence-electron chi connectivity index (χ4n) is 2.11. The molecule has 120 valence electrons. The fourth-order valence-corrected chi connectivity index (χ4v) is 2.11. The Morgan fingerprint density at radius 1 is 1.17 bits per heavy atom. The average Bonchev–Trinajstić information content (AvgIpc) is 2.58. The van der Waals surface area contributed by atoms with Gasteiger partial charge in [-0.05, 0) is 23.3 Å². The van der Waals surface area contributed by atoms with E-state index in [1.54, 1.807) is 38.3 Å². The van der Waals surface area contributed by atoms with E-state index in [4.69, 9.17) is 9.47 Å². The molecule has 2 aromatic rings. The highest BCUT2D eigenvalue weighted by molar-refractivity contribution is 5.57. The SMILES string of the molecule is CC/C(=C\c1ccc(OC)c(OCc2ccccc2)c1)[N+](=O)[O-]. The van der Waals surface area contributed by atoms with Crippen molar-refractivity contribution < 1.29 is 14.4 Å². The standard InChI is InChI=1S/C18H19NO4/c1-3-16(19(20)21)11-15-9-10-17(22-2)18(12-15)23-13-14-7-5-4-6-8-14/h4-12H,3,13H2,1-2H3/b16-11+. The molecule has 0 aliphatic carbocycles. The van der Waals surface area contributed by atoms with Gasteiger partial charge < -0.3 is 9.47 Å². The van der Waals surface area contributed by atoms with Gasteiger partial charge in [0, 0.05) is 12.5 Å². The van der Waals surface area contributed by atoms with Crippen molar-refractivity contribution in [2.45, 2.75) is 20.0 Å². The van der Waals surface area contributed by atoms with Crippen LogP contribution >= 0.6 is 0 Å². The second-order valence-corrected chi connectivity index (χ2v) is 4.93. The maximum Gasteiger partial charge on any atom is 0.246 e. The summed E-state index contributed by atoms with van der Waals surface area (Å²) in [6.07, 6.45) is 1.91. The third kappa shape index (κ3) is 4.57. The first-order valence-corrected chi connectivity index (χ1v) is 7.33. The first-order chi connectivity index (χ1) is 11.1. The summed E-state index contributed by atoms with van der Waals surface area (Å²) < 4.78 is 11.1. The summed E-state index contributed by atoms with van der Waals surface area (Å²) in [6.45, 7) is 2.16. The van der Waals surface area contributed by atoms with Crippen molar-refractivity contribution in [2.24, 2.45) is 0 Å².